The number of halogens is 1. The Morgan fingerprint density at radius 1 is 1.46 bits per heavy atom. The molecule has 0 amide bonds. The summed E-state index contributed by atoms with van der Waals surface area (Å²) in [7, 11) is 0. The van der Waals surface area contributed by atoms with Crippen LogP contribution in [0.5, 0.6) is 0 Å². The summed E-state index contributed by atoms with van der Waals surface area (Å²) in [6.07, 6.45) is 2.43. The Morgan fingerprint density at radius 2 is 2.15 bits per heavy atom. The Balaban J connectivity index is 2.46. The SMILES string of the molecule is Cc1c(Cl)cccc1C1(CN)CC1. The molecular formula is C11H14ClN. The van der Waals surface area contributed by atoms with E-state index in [0.29, 0.717) is 0 Å². The van der Waals surface area contributed by atoms with Gasteiger partial charge in [0, 0.05) is 17.0 Å². The lowest BCUT2D eigenvalue weighted by molar-refractivity contribution is 0.699. The molecule has 1 aromatic carbocycles. The van der Waals surface area contributed by atoms with Gasteiger partial charge in [0.05, 0.1) is 0 Å². The smallest absolute Gasteiger partial charge is 0.0438 e. The molecule has 2 N–H and O–H groups in total. The summed E-state index contributed by atoms with van der Waals surface area (Å²) in [6, 6.07) is 6.11. The van der Waals surface area contributed by atoms with E-state index in [9.17, 15) is 0 Å². The molecule has 0 heterocycles. The van der Waals surface area contributed by atoms with Crippen LogP contribution in [-0.4, -0.2) is 6.54 Å². The molecule has 1 saturated carbocycles. The molecule has 0 unspecified atom stereocenters. The average molecular weight is 196 g/mol. The van der Waals surface area contributed by atoms with Gasteiger partial charge in [0.2, 0.25) is 0 Å². The van der Waals surface area contributed by atoms with Crippen molar-refractivity contribution in [1.82, 2.24) is 0 Å². The van der Waals surface area contributed by atoms with Crippen LogP contribution in [0.25, 0.3) is 0 Å². The number of hydrogen-bond acceptors (Lipinski definition) is 1. The molecule has 2 rings (SSSR count). The maximum absolute atomic E-state index is 6.06. The standard InChI is InChI=1S/C11H14ClN/c1-8-9(3-2-4-10(8)12)11(7-13)5-6-11/h2-4H,5-7,13H2,1H3. The molecule has 1 nitrogen and oxygen atoms in total. The van der Waals surface area contributed by atoms with Crippen molar-refractivity contribution in [2.24, 2.45) is 5.73 Å². The predicted octanol–water partition coefficient (Wildman–Crippen LogP) is 2.64. The van der Waals surface area contributed by atoms with Crippen LogP contribution in [0.3, 0.4) is 0 Å². The Kier molecular flexibility index (Phi) is 2.09. The van der Waals surface area contributed by atoms with Crippen molar-refractivity contribution in [1.29, 1.82) is 0 Å². The summed E-state index contributed by atoms with van der Waals surface area (Å²) in [6.45, 7) is 2.82. The summed E-state index contributed by atoms with van der Waals surface area (Å²) in [5.41, 5.74) is 8.59. The lowest BCUT2D eigenvalue weighted by Crippen LogP contribution is -2.20. The van der Waals surface area contributed by atoms with Gasteiger partial charge < -0.3 is 5.73 Å². The molecule has 0 bridgehead atoms. The molecular weight excluding hydrogens is 182 g/mol. The highest BCUT2D eigenvalue weighted by Gasteiger charge is 2.43. The summed E-state index contributed by atoms with van der Waals surface area (Å²) >= 11 is 6.06. The van der Waals surface area contributed by atoms with Crippen LogP contribution in [0.2, 0.25) is 5.02 Å². The van der Waals surface area contributed by atoms with Crippen molar-refractivity contribution in [3.63, 3.8) is 0 Å². The van der Waals surface area contributed by atoms with Gasteiger partial charge in [-0.3, -0.25) is 0 Å². The third-order valence-electron chi connectivity index (χ3n) is 3.08. The van der Waals surface area contributed by atoms with Crippen LogP contribution < -0.4 is 5.73 Å². The molecule has 0 radical (unpaired) electrons. The van der Waals surface area contributed by atoms with Crippen LogP contribution >= 0.6 is 11.6 Å². The highest BCUT2D eigenvalue weighted by molar-refractivity contribution is 6.31. The normalized spacial score (nSPS) is 18.7. The quantitative estimate of drug-likeness (QED) is 0.772. The lowest BCUT2D eigenvalue weighted by Gasteiger charge is -2.16. The molecule has 1 fully saturated rings. The molecule has 0 spiro atoms. The molecule has 0 aliphatic heterocycles. The van der Waals surface area contributed by atoms with E-state index in [0.717, 1.165) is 11.6 Å². The fraction of sp³-hybridized carbons (Fsp3) is 0.455. The first-order valence-corrected chi connectivity index (χ1v) is 5.03. The minimum absolute atomic E-state index is 0.259. The van der Waals surface area contributed by atoms with E-state index in [-0.39, 0.29) is 5.41 Å². The molecule has 0 aromatic heterocycles. The van der Waals surface area contributed by atoms with Crippen molar-refractivity contribution < 1.29 is 0 Å². The maximum atomic E-state index is 6.06. The summed E-state index contributed by atoms with van der Waals surface area (Å²) in [4.78, 5) is 0. The van der Waals surface area contributed by atoms with E-state index < -0.39 is 0 Å². The first-order valence-electron chi connectivity index (χ1n) is 4.65. The zero-order valence-electron chi connectivity index (χ0n) is 7.81. The number of rotatable bonds is 2. The monoisotopic (exact) mass is 195 g/mol. The second-order valence-electron chi connectivity index (χ2n) is 3.90. The highest BCUT2D eigenvalue weighted by Crippen LogP contribution is 2.49. The van der Waals surface area contributed by atoms with Crippen LogP contribution in [0, 0.1) is 6.92 Å². The summed E-state index contributed by atoms with van der Waals surface area (Å²) in [5.74, 6) is 0. The third kappa shape index (κ3) is 1.36. The van der Waals surface area contributed by atoms with Gasteiger partial charge in [-0.05, 0) is 37.0 Å². The lowest BCUT2D eigenvalue weighted by atomic mass is 9.92. The number of benzene rings is 1. The first-order chi connectivity index (χ1) is 6.19. The van der Waals surface area contributed by atoms with Gasteiger partial charge in [0.25, 0.3) is 0 Å². The molecule has 2 heteroatoms. The Labute approximate surface area is 83.9 Å². The second-order valence-corrected chi connectivity index (χ2v) is 4.30. The number of hydrogen-bond donors (Lipinski definition) is 1. The van der Waals surface area contributed by atoms with Crippen molar-refractivity contribution in [3.8, 4) is 0 Å². The minimum atomic E-state index is 0.259. The van der Waals surface area contributed by atoms with Crippen LogP contribution in [0.15, 0.2) is 18.2 Å². The van der Waals surface area contributed by atoms with E-state index in [4.69, 9.17) is 17.3 Å². The molecule has 1 aliphatic carbocycles. The van der Waals surface area contributed by atoms with Gasteiger partial charge in [-0.1, -0.05) is 23.7 Å². The van der Waals surface area contributed by atoms with Crippen LogP contribution in [0.1, 0.15) is 24.0 Å². The van der Waals surface area contributed by atoms with Crippen LogP contribution in [-0.2, 0) is 5.41 Å². The van der Waals surface area contributed by atoms with Gasteiger partial charge in [0.15, 0.2) is 0 Å². The zero-order chi connectivity index (χ0) is 9.47. The topological polar surface area (TPSA) is 26.0 Å². The Bertz CT molecular complexity index is 329. The van der Waals surface area contributed by atoms with E-state index >= 15 is 0 Å². The maximum Gasteiger partial charge on any atom is 0.0438 e. The van der Waals surface area contributed by atoms with Crippen molar-refractivity contribution >= 4 is 11.6 Å². The van der Waals surface area contributed by atoms with Gasteiger partial charge in [-0.25, -0.2) is 0 Å². The first kappa shape index (κ1) is 9.04. The largest absolute Gasteiger partial charge is 0.330 e. The molecule has 1 aliphatic rings. The minimum Gasteiger partial charge on any atom is -0.330 e. The molecule has 1 aromatic rings. The van der Waals surface area contributed by atoms with Gasteiger partial charge in [-0.2, -0.15) is 0 Å². The molecule has 0 saturated heterocycles. The van der Waals surface area contributed by atoms with Crippen molar-refractivity contribution in [2.45, 2.75) is 25.2 Å². The fourth-order valence-corrected chi connectivity index (χ4v) is 2.09. The van der Waals surface area contributed by atoms with Gasteiger partial charge >= 0.3 is 0 Å². The van der Waals surface area contributed by atoms with Crippen molar-refractivity contribution in [2.75, 3.05) is 6.54 Å². The predicted molar refractivity (Wildman–Crippen MR) is 56.2 cm³/mol. The van der Waals surface area contributed by atoms with Crippen molar-refractivity contribution in [3.05, 3.63) is 34.3 Å². The fourth-order valence-electron chi connectivity index (χ4n) is 1.92. The molecule has 0 atom stereocenters. The zero-order valence-corrected chi connectivity index (χ0v) is 8.56. The highest BCUT2D eigenvalue weighted by atomic mass is 35.5. The Hall–Kier alpha value is -0.530. The molecule has 13 heavy (non-hydrogen) atoms. The molecule has 70 valence electrons. The van der Waals surface area contributed by atoms with Gasteiger partial charge in [-0.15, -0.1) is 0 Å². The van der Waals surface area contributed by atoms with Gasteiger partial charge in [0.1, 0.15) is 0 Å². The van der Waals surface area contributed by atoms with Crippen LogP contribution in [0.4, 0.5) is 0 Å². The average Bonchev–Trinajstić information content (AvgIpc) is 2.90. The summed E-state index contributed by atoms with van der Waals surface area (Å²) in [5, 5.41) is 0.859. The van der Waals surface area contributed by atoms with E-state index in [1.807, 2.05) is 12.1 Å². The third-order valence-corrected chi connectivity index (χ3v) is 3.49. The van der Waals surface area contributed by atoms with E-state index in [1.54, 1.807) is 0 Å². The second kappa shape index (κ2) is 3.00. The number of nitrogens with two attached hydrogens (primary N) is 1. The van der Waals surface area contributed by atoms with E-state index in [2.05, 4.69) is 13.0 Å². The Morgan fingerprint density at radius 3 is 2.69 bits per heavy atom. The summed E-state index contributed by atoms with van der Waals surface area (Å²) < 4.78 is 0. The van der Waals surface area contributed by atoms with E-state index in [1.165, 1.54) is 24.0 Å².